The summed E-state index contributed by atoms with van der Waals surface area (Å²) >= 11 is 0. The summed E-state index contributed by atoms with van der Waals surface area (Å²) in [6.45, 7) is 4.23. The number of nitrogens with one attached hydrogen (secondary N) is 1. The van der Waals surface area contributed by atoms with Crippen molar-refractivity contribution in [3.8, 4) is 11.5 Å². The van der Waals surface area contributed by atoms with Gasteiger partial charge < -0.3 is 9.84 Å². The van der Waals surface area contributed by atoms with Gasteiger partial charge in [0, 0.05) is 5.41 Å². The summed E-state index contributed by atoms with van der Waals surface area (Å²) in [6, 6.07) is 24.6. The van der Waals surface area contributed by atoms with Crippen molar-refractivity contribution in [3.05, 3.63) is 95.6 Å². The fourth-order valence-electron chi connectivity index (χ4n) is 2.91. The molecule has 3 rings (SSSR count). The van der Waals surface area contributed by atoms with Gasteiger partial charge in [0.1, 0.15) is 11.5 Å². The van der Waals surface area contributed by atoms with Crippen LogP contribution in [0, 0.1) is 0 Å². The van der Waals surface area contributed by atoms with E-state index in [4.69, 9.17) is 4.74 Å². The third kappa shape index (κ3) is 5.45. The summed E-state index contributed by atoms with van der Waals surface area (Å²) in [5, 5.41) is 13.1. The molecule has 2 N–H and O–H groups in total. The van der Waals surface area contributed by atoms with Crippen LogP contribution in [0.3, 0.4) is 0 Å². The Hall–Kier alpha value is -3.60. The van der Waals surface area contributed by atoms with E-state index in [1.807, 2.05) is 42.5 Å². The topological polar surface area (TPSA) is 70.9 Å². The van der Waals surface area contributed by atoms with Crippen molar-refractivity contribution >= 4 is 12.1 Å². The first kappa shape index (κ1) is 20.1. The number of rotatable bonds is 7. The van der Waals surface area contributed by atoms with Crippen LogP contribution in [-0.4, -0.2) is 23.8 Å². The molecule has 0 spiro atoms. The van der Waals surface area contributed by atoms with Gasteiger partial charge in [-0.1, -0.05) is 56.3 Å². The lowest BCUT2D eigenvalue weighted by Crippen LogP contribution is -2.24. The van der Waals surface area contributed by atoms with Gasteiger partial charge in [0.25, 0.3) is 5.91 Å². The minimum absolute atomic E-state index is 0.125. The zero-order chi connectivity index (χ0) is 20.7. The number of hydrogen-bond donors (Lipinski definition) is 2. The first-order valence-electron chi connectivity index (χ1n) is 9.35. The van der Waals surface area contributed by atoms with Gasteiger partial charge in [0.2, 0.25) is 0 Å². The highest BCUT2D eigenvalue weighted by molar-refractivity contribution is 5.83. The molecule has 29 heavy (non-hydrogen) atoms. The summed E-state index contributed by atoms with van der Waals surface area (Å²) in [5.74, 6) is 0.446. The second-order valence-corrected chi connectivity index (χ2v) is 7.19. The monoisotopic (exact) mass is 388 g/mol. The average molecular weight is 388 g/mol. The van der Waals surface area contributed by atoms with Crippen LogP contribution in [0.25, 0.3) is 0 Å². The normalized spacial score (nSPS) is 11.4. The number of carbonyl (C=O) groups excluding carboxylic acids is 1. The van der Waals surface area contributed by atoms with Gasteiger partial charge >= 0.3 is 0 Å². The first-order valence-corrected chi connectivity index (χ1v) is 9.35. The Morgan fingerprint density at radius 2 is 1.59 bits per heavy atom. The van der Waals surface area contributed by atoms with Gasteiger partial charge in [0.05, 0.1) is 6.21 Å². The highest BCUT2D eigenvalue weighted by Gasteiger charge is 2.22. The van der Waals surface area contributed by atoms with Crippen LogP contribution in [0.5, 0.6) is 11.5 Å². The fourth-order valence-corrected chi connectivity index (χ4v) is 2.91. The first-order chi connectivity index (χ1) is 13.9. The van der Waals surface area contributed by atoms with Gasteiger partial charge in [-0.15, -0.1) is 0 Å². The summed E-state index contributed by atoms with van der Waals surface area (Å²) in [4.78, 5) is 11.9. The molecule has 5 heteroatoms. The molecule has 0 heterocycles. The van der Waals surface area contributed by atoms with Crippen molar-refractivity contribution in [2.24, 2.45) is 5.10 Å². The van der Waals surface area contributed by atoms with Crippen molar-refractivity contribution in [1.29, 1.82) is 0 Å². The number of carbonyl (C=O) groups is 1. The largest absolute Gasteiger partial charge is 0.508 e. The number of phenolic OH excluding ortho intramolecular Hbond substituents is 1. The summed E-state index contributed by atoms with van der Waals surface area (Å²) in [6.07, 6.45) is 1.50. The van der Waals surface area contributed by atoms with Crippen molar-refractivity contribution < 1.29 is 14.6 Å². The molecule has 0 fully saturated rings. The third-order valence-corrected chi connectivity index (χ3v) is 4.74. The van der Waals surface area contributed by atoms with Gasteiger partial charge in [-0.25, -0.2) is 5.43 Å². The third-order valence-electron chi connectivity index (χ3n) is 4.74. The Balaban J connectivity index is 1.52. The zero-order valence-corrected chi connectivity index (χ0v) is 16.5. The number of ether oxygens (including phenoxy) is 1. The molecular formula is C24H24N2O3. The molecule has 0 unspecified atom stereocenters. The van der Waals surface area contributed by atoms with Crippen molar-refractivity contribution in [2.45, 2.75) is 19.3 Å². The zero-order valence-electron chi connectivity index (χ0n) is 16.5. The van der Waals surface area contributed by atoms with E-state index in [-0.39, 0.29) is 23.7 Å². The van der Waals surface area contributed by atoms with E-state index in [0.29, 0.717) is 5.75 Å². The molecule has 0 radical (unpaired) electrons. The van der Waals surface area contributed by atoms with Gasteiger partial charge in [-0.3, -0.25) is 4.79 Å². The van der Waals surface area contributed by atoms with E-state index >= 15 is 0 Å². The molecule has 0 aliphatic carbocycles. The van der Waals surface area contributed by atoms with Crippen molar-refractivity contribution in [3.63, 3.8) is 0 Å². The quantitative estimate of drug-likeness (QED) is 0.470. The molecule has 0 aromatic heterocycles. The molecule has 0 atom stereocenters. The number of amides is 1. The van der Waals surface area contributed by atoms with Gasteiger partial charge in [-0.2, -0.15) is 5.10 Å². The van der Waals surface area contributed by atoms with Crippen molar-refractivity contribution in [1.82, 2.24) is 5.43 Å². The molecule has 0 saturated heterocycles. The number of benzene rings is 3. The molecule has 148 valence electrons. The molecule has 0 aliphatic heterocycles. The van der Waals surface area contributed by atoms with E-state index in [9.17, 15) is 9.90 Å². The molecular weight excluding hydrogens is 364 g/mol. The number of hydrogen-bond acceptors (Lipinski definition) is 4. The Bertz CT molecular complexity index is 963. The van der Waals surface area contributed by atoms with E-state index < -0.39 is 0 Å². The number of aromatic hydroxyl groups is 1. The van der Waals surface area contributed by atoms with Crippen molar-refractivity contribution in [2.75, 3.05) is 6.61 Å². The second-order valence-electron chi connectivity index (χ2n) is 7.19. The maximum absolute atomic E-state index is 11.9. The molecule has 1 amide bonds. The minimum Gasteiger partial charge on any atom is -0.508 e. The number of phenols is 1. The molecule has 5 nitrogen and oxygen atoms in total. The Morgan fingerprint density at radius 3 is 2.24 bits per heavy atom. The molecule has 3 aromatic rings. The fraction of sp³-hybridized carbons (Fsp3) is 0.167. The maximum Gasteiger partial charge on any atom is 0.277 e. The maximum atomic E-state index is 11.9. The van der Waals surface area contributed by atoms with Crippen LogP contribution in [0.15, 0.2) is 84.0 Å². The second kappa shape index (κ2) is 9.06. The van der Waals surface area contributed by atoms with Gasteiger partial charge in [-0.05, 0) is 53.1 Å². The number of nitrogens with zero attached hydrogens (tertiary/aromatic N) is 1. The lowest BCUT2D eigenvalue weighted by Gasteiger charge is -2.26. The predicted molar refractivity (Wildman–Crippen MR) is 114 cm³/mol. The summed E-state index contributed by atoms with van der Waals surface area (Å²) < 4.78 is 5.54. The number of hydrazone groups is 1. The highest BCUT2D eigenvalue weighted by atomic mass is 16.5. The molecule has 3 aromatic carbocycles. The van der Waals surface area contributed by atoms with Crippen LogP contribution in [0.2, 0.25) is 0 Å². The smallest absolute Gasteiger partial charge is 0.277 e. The molecule has 0 aliphatic rings. The predicted octanol–water partition coefficient (Wildman–Crippen LogP) is 4.25. The van der Waals surface area contributed by atoms with Crippen LogP contribution >= 0.6 is 0 Å². The van der Waals surface area contributed by atoms with Crippen LogP contribution in [-0.2, 0) is 10.2 Å². The minimum atomic E-state index is -0.353. The van der Waals surface area contributed by atoms with E-state index in [1.165, 1.54) is 17.3 Å². The van der Waals surface area contributed by atoms with Crippen LogP contribution in [0.4, 0.5) is 0 Å². The SMILES string of the molecule is CC(C)(c1ccccc1)c1ccc(OCC(=O)NN=Cc2ccc(O)cc2)cc1. The van der Waals surface area contributed by atoms with E-state index in [0.717, 1.165) is 5.56 Å². The van der Waals surface area contributed by atoms with Gasteiger partial charge in [0.15, 0.2) is 6.61 Å². The summed E-state index contributed by atoms with van der Waals surface area (Å²) in [5.41, 5.74) is 5.46. The van der Waals surface area contributed by atoms with Crippen LogP contribution in [0.1, 0.15) is 30.5 Å². The highest BCUT2D eigenvalue weighted by Crippen LogP contribution is 2.32. The standard InChI is InChI=1S/C24H24N2O3/c1-24(2,19-6-4-3-5-7-19)20-10-14-22(15-11-20)29-17-23(28)26-25-16-18-8-12-21(27)13-9-18/h3-16,27H,17H2,1-2H3,(H,26,28). The lowest BCUT2D eigenvalue weighted by atomic mass is 9.78. The molecule has 0 bridgehead atoms. The van der Waals surface area contributed by atoms with Crippen LogP contribution < -0.4 is 10.2 Å². The average Bonchev–Trinajstić information content (AvgIpc) is 2.74. The Morgan fingerprint density at radius 1 is 0.966 bits per heavy atom. The Labute approximate surface area is 170 Å². The molecule has 0 saturated carbocycles. The van der Waals surface area contributed by atoms with E-state index in [2.05, 4.69) is 36.5 Å². The lowest BCUT2D eigenvalue weighted by molar-refractivity contribution is -0.123. The van der Waals surface area contributed by atoms with E-state index in [1.54, 1.807) is 24.3 Å². The Kier molecular flexibility index (Phi) is 6.29. The summed E-state index contributed by atoms with van der Waals surface area (Å²) in [7, 11) is 0.